The van der Waals surface area contributed by atoms with Gasteiger partial charge in [0.25, 0.3) is 0 Å². The summed E-state index contributed by atoms with van der Waals surface area (Å²) in [5.41, 5.74) is 5.07. The molecule has 102 valence electrons. The summed E-state index contributed by atoms with van der Waals surface area (Å²) in [5.74, 6) is -0.346. The number of esters is 1. The normalized spacial score (nSPS) is 18.6. The van der Waals surface area contributed by atoms with Gasteiger partial charge in [0.1, 0.15) is 5.54 Å². The molecule has 2 N–H and O–H groups in total. The molecule has 3 unspecified atom stereocenters. The molecule has 0 aromatic rings. The third-order valence-electron chi connectivity index (χ3n) is 3.47. The van der Waals surface area contributed by atoms with E-state index in [2.05, 4.69) is 32.7 Å². The van der Waals surface area contributed by atoms with Gasteiger partial charge < -0.3 is 15.4 Å². The van der Waals surface area contributed by atoms with Gasteiger partial charge in [-0.15, -0.1) is 0 Å². The Balaban J connectivity index is 4.42. The molecule has 4 heteroatoms. The zero-order valence-electron chi connectivity index (χ0n) is 12.1. The third-order valence-corrected chi connectivity index (χ3v) is 3.47. The lowest BCUT2D eigenvalue weighted by molar-refractivity contribution is -0.147. The second-order valence-corrected chi connectivity index (χ2v) is 5.27. The number of carbonyl (C=O) groups excluding carboxylic acids is 1. The van der Waals surface area contributed by atoms with E-state index in [1.807, 2.05) is 0 Å². The summed E-state index contributed by atoms with van der Waals surface area (Å²) < 4.78 is 4.72. The van der Waals surface area contributed by atoms with E-state index in [9.17, 15) is 4.79 Å². The van der Waals surface area contributed by atoms with Crippen LogP contribution in [0.2, 0.25) is 0 Å². The predicted molar refractivity (Wildman–Crippen MR) is 70.8 cm³/mol. The van der Waals surface area contributed by atoms with Crippen molar-refractivity contribution in [3.63, 3.8) is 0 Å². The molecule has 3 atom stereocenters. The van der Waals surface area contributed by atoms with Gasteiger partial charge in [-0.25, -0.2) is 0 Å². The van der Waals surface area contributed by atoms with Crippen LogP contribution in [0.4, 0.5) is 0 Å². The van der Waals surface area contributed by atoms with Gasteiger partial charge in [0.05, 0.1) is 7.11 Å². The molecule has 0 aliphatic carbocycles. The van der Waals surface area contributed by atoms with Crippen molar-refractivity contribution in [2.75, 3.05) is 14.2 Å². The summed E-state index contributed by atoms with van der Waals surface area (Å²) in [5, 5.41) is 0. The first-order valence-electron chi connectivity index (χ1n) is 6.35. The van der Waals surface area contributed by atoms with Crippen LogP contribution in [-0.4, -0.2) is 42.6 Å². The second kappa shape index (κ2) is 6.97. The fraction of sp³-hybridized carbons (Fsp3) is 0.923. The van der Waals surface area contributed by atoms with Crippen LogP contribution < -0.4 is 5.73 Å². The predicted octanol–water partition coefficient (Wildman–Crippen LogP) is 1.78. The highest BCUT2D eigenvalue weighted by molar-refractivity contribution is 5.79. The Labute approximate surface area is 105 Å². The van der Waals surface area contributed by atoms with Crippen LogP contribution in [0, 0.1) is 0 Å². The maximum Gasteiger partial charge on any atom is 0.325 e. The summed E-state index contributed by atoms with van der Waals surface area (Å²) in [6.45, 7) is 8.20. The van der Waals surface area contributed by atoms with E-state index in [1.165, 1.54) is 7.11 Å². The molecule has 0 aliphatic rings. The van der Waals surface area contributed by atoms with Crippen molar-refractivity contribution in [1.29, 1.82) is 0 Å². The van der Waals surface area contributed by atoms with Crippen molar-refractivity contribution in [3.05, 3.63) is 0 Å². The summed E-state index contributed by atoms with van der Waals surface area (Å²) in [4.78, 5) is 13.8. The van der Waals surface area contributed by atoms with Crippen molar-refractivity contribution >= 4 is 5.97 Å². The Morgan fingerprint density at radius 1 is 1.41 bits per heavy atom. The Morgan fingerprint density at radius 3 is 2.35 bits per heavy atom. The smallest absolute Gasteiger partial charge is 0.325 e. The Hall–Kier alpha value is -0.610. The average Bonchev–Trinajstić information content (AvgIpc) is 2.26. The number of nitrogens with zero attached hydrogens (tertiary/aromatic N) is 1. The van der Waals surface area contributed by atoms with E-state index in [1.54, 1.807) is 6.92 Å². The first kappa shape index (κ1) is 16.4. The molecule has 4 nitrogen and oxygen atoms in total. The third kappa shape index (κ3) is 5.04. The minimum Gasteiger partial charge on any atom is -0.468 e. The Morgan fingerprint density at radius 2 is 1.94 bits per heavy atom. The highest BCUT2D eigenvalue weighted by Gasteiger charge is 2.33. The molecule has 0 heterocycles. The molecular weight excluding hydrogens is 216 g/mol. The molecule has 0 aromatic carbocycles. The van der Waals surface area contributed by atoms with E-state index in [-0.39, 0.29) is 12.0 Å². The molecule has 0 spiro atoms. The largest absolute Gasteiger partial charge is 0.468 e. The zero-order chi connectivity index (χ0) is 13.6. The average molecular weight is 244 g/mol. The minimum atomic E-state index is -0.908. The quantitative estimate of drug-likeness (QED) is 0.694. The zero-order valence-corrected chi connectivity index (χ0v) is 12.1. The molecule has 0 aliphatic heterocycles. The number of ether oxygens (including phenoxy) is 1. The Kier molecular flexibility index (Phi) is 6.72. The van der Waals surface area contributed by atoms with Crippen LogP contribution in [0.3, 0.4) is 0 Å². The van der Waals surface area contributed by atoms with Gasteiger partial charge in [-0.1, -0.05) is 13.3 Å². The van der Waals surface area contributed by atoms with E-state index in [4.69, 9.17) is 10.5 Å². The van der Waals surface area contributed by atoms with Gasteiger partial charge >= 0.3 is 5.97 Å². The number of carbonyl (C=O) groups is 1. The summed E-state index contributed by atoms with van der Waals surface area (Å²) >= 11 is 0. The van der Waals surface area contributed by atoms with Gasteiger partial charge in [-0.05, 0) is 40.7 Å². The van der Waals surface area contributed by atoms with Crippen molar-refractivity contribution < 1.29 is 9.53 Å². The SMILES string of the molecule is CCCC(C)N(C)C(C)CC(C)(N)C(=O)OC. The Bertz CT molecular complexity index is 242. The number of hydrogen-bond acceptors (Lipinski definition) is 4. The molecule has 0 radical (unpaired) electrons. The van der Waals surface area contributed by atoms with Crippen molar-refractivity contribution in [3.8, 4) is 0 Å². The van der Waals surface area contributed by atoms with E-state index < -0.39 is 5.54 Å². The van der Waals surface area contributed by atoms with E-state index >= 15 is 0 Å². The minimum absolute atomic E-state index is 0.255. The van der Waals surface area contributed by atoms with Crippen molar-refractivity contribution in [1.82, 2.24) is 4.90 Å². The first-order valence-corrected chi connectivity index (χ1v) is 6.35. The molecule has 0 aromatic heterocycles. The molecule has 0 amide bonds. The van der Waals surface area contributed by atoms with Gasteiger partial charge in [0, 0.05) is 12.1 Å². The van der Waals surface area contributed by atoms with Gasteiger partial charge in [0.15, 0.2) is 0 Å². The van der Waals surface area contributed by atoms with Crippen LogP contribution in [-0.2, 0) is 9.53 Å². The molecular formula is C13H28N2O2. The van der Waals surface area contributed by atoms with Gasteiger partial charge in [-0.3, -0.25) is 4.79 Å². The standard InChI is InChI=1S/C13H28N2O2/c1-7-8-10(2)15(5)11(3)9-13(4,14)12(16)17-6/h10-11H,7-9,14H2,1-6H3. The first-order chi connectivity index (χ1) is 7.76. The highest BCUT2D eigenvalue weighted by Crippen LogP contribution is 2.17. The molecule has 0 bridgehead atoms. The van der Waals surface area contributed by atoms with Crippen molar-refractivity contribution in [2.24, 2.45) is 5.73 Å². The fourth-order valence-electron chi connectivity index (χ4n) is 2.13. The summed E-state index contributed by atoms with van der Waals surface area (Å²) in [7, 11) is 3.46. The van der Waals surface area contributed by atoms with Gasteiger partial charge in [-0.2, -0.15) is 0 Å². The monoisotopic (exact) mass is 244 g/mol. The second-order valence-electron chi connectivity index (χ2n) is 5.27. The number of rotatable bonds is 7. The molecule has 0 rings (SSSR count). The van der Waals surface area contributed by atoms with Crippen LogP contribution in [0.1, 0.15) is 47.0 Å². The summed E-state index contributed by atoms with van der Waals surface area (Å²) in [6.07, 6.45) is 2.92. The van der Waals surface area contributed by atoms with E-state index in [0.29, 0.717) is 12.5 Å². The lowest BCUT2D eigenvalue weighted by Gasteiger charge is -2.34. The lowest BCUT2D eigenvalue weighted by Crippen LogP contribution is -2.51. The molecule has 0 saturated carbocycles. The maximum atomic E-state index is 11.5. The van der Waals surface area contributed by atoms with Crippen LogP contribution in [0.25, 0.3) is 0 Å². The lowest BCUT2D eigenvalue weighted by atomic mass is 9.93. The van der Waals surface area contributed by atoms with Crippen molar-refractivity contribution in [2.45, 2.75) is 64.6 Å². The number of methoxy groups -OCH3 is 1. The van der Waals surface area contributed by atoms with Crippen LogP contribution in [0.5, 0.6) is 0 Å². The fourth-order valence-corrected chi connectivity index (χ4v) is 2.13. The highest BCUT2D eigenvalue weighted by atomic mass is 16.5. The van der Waals surface area contributed by atoms with Crippen LogP contribution >= 0.6 is 0 Å². The number of hydrogen-bond donors (Lipinski definition) is 1. The molecule has 17 heavy (non-hydrogen) atoms. The summed E-state index contributed by atoms with van der Waals surface area (Å²) in [6, 6.07) is 0.758. The number of nitrogens with two attached hydrogens (primary N) is 1. The maximum absolute atomic E-state index is 11.5. The molecule has 0 fully saturated rings. The van der Waals surface area contributed by atoms with Gasteiger partial charge in [0.2, 0.25) is 0 Å². The topological polar surface area (TPSA) is 55.6 Å². The van der Waals surface area contributed by atoms with Crippen LogP contribution in [0.15, 0.2) is 0 Å². The molecule has 0 saturated heterocycles. The van der Waals surface area contributed by atoms with E-state index in [0.717, 1.165) is 12.8 Å².